The number of aryl methyl sites for hydroxylation is 1. The SMILES string of the molecule is O=c1c2cnn(CCO)c2ncn1CCC1OCCCO1. The number of ether oxygens (including phenoxy) is 2. The second-order valence-corrected chi connectivity index (χ2v) is 4.89. The monoisotopic (exact) mass is 294 g/mol. The van der Waals surface area contributed by atoms with Gasteiger partial charge in [0.2, 0.25) is 0 Å². The van der Waals surface area contributed by atoms with E-state index >= 15 is 0 Å². The van der Waals surface area contributed by atoms with E-state index in [1.165, 1.54) is 21.8 Å². The van der Waals surface area contributed by atoms with Crippen molar-refractivity contribution < 1.29 is 14.6 Å². The van der Waals surface area contributed by atoms with E-state index in [0.717, 1.165) is 6.42 Å². The third-order valence-electron chi connectivity index (χ3n) is 3.44. The molecule has 2 aromatic rings. The summed E-state index contributed by atoms with van der Waals surface area (Å²) in [5.41, 5.74) is 0.357. The minimum Gasteiger partial charge on any atom is -0.394 e. The van der Waals surface area contributed by atoms with E-state index in [1.807, 2.05) is 0 Å². The number of hydrogen-bond donors (Lipinski definition) is 1. The molecule has 0 unspecified atom stereocenters. The topological polar surface area (TPSA) is 91.4 Å². The van der Waals surface area contributed by atoms with Crippen LogP contribution in [0.3, 0.4) is 0 Å². The van der Waals surface area contributed by atoms with E-state index in [-0.39, 0.29) is 18.5 Å². The summed E-state index contributed by atoms with van der Waals surface area (Å²) < 4.78 is 14.0. The molecule has 0 aromatic carbocycles. The van der Waals surface area contributed by atoms with Crippen LogP contribution in [0.4, 0.5) is 0 Å². The summed E-state index contributed by atoms with van der Waals surface area (Å²) in [5, 5.41) is 13.5. The predicted octanol–water partition coefficient (Wildman–Crippen LogP) is -0.262. The number of aliphatic hydroxyl groups is 1. The van der Waals surface area contributed by atoms with Gasteiger partial charge in [0.05, 0.1) is 38.9 Å². The Kier molecular flexibility index (Phi) is 4.28. The molecule has 0 saturated carbocycles. The molecule has 114 valence electrons. The Bertz CT molecular complexity index is 660. The molecule has 1 aliphatic rings. The molecule has 21 heavy (non-hydrogen) atoms. The fourth-order valence-corrected chi connectivity index (χ4v) is 2.36. The summed E-state index contributed by atoms with van der Waals surface area (Å²) in [7, 11) is 0. The van der Waals surface area contributed by atoms with Crippen LogP contribution in [0.5, 0.6) is 0 Å². The Morgan fingerprint density at radius 1 is 1.33 bits per heavy atom. The quantitative estimate of drug-likeness (QED) is 0.817. The Labute approximate surface area is 120 Å². The molecule has 3 heterocycles. The first-order valence-corrected chi connectivity index (χ1v) is 7.04. The van der Waals surface area contributed by atoms with E-state index < -0.39 is 0 Å². The number of hydrogen-bond acceptors (Lipinski definition) is 6. The molecule has 0 radical (unpaired) electrons. The molecule has 1 aliphatic heterocycles. The number of rotatable bonds is 5. The molecule has 0 aliphatic carbocycles. The van der Waals surface area contributed by atoms with Crippen LogP contribution in [0, 0.1) is 0 Å². The van der Waals surface area contributed by atoms with Crippen molar-refractivity contribution in [1.82, 2.24) is 19.3 Å². The first-order valence-electron chi connectivity index (χ1n) is 7.04. The smallest absolute Gasteiger partial charge is 0.264 e. The fraction of sp³-hybridized carbons (Fsp3) is 0.615. The van der Waals surface area contributed by atoms with Crippen molar-refractivity contribution in [2.75, 3.05) is 19.8 Å². The third kappa shape index (κ3) is 2.97. The van der Waals surface area contributed by atoms with Crippen LogP contribution >= 0.6 is 0 Å². The molecular formula is C13H18N4O4. The molecule has 8 nitrogen and oxygen atoms in total. The zero-order valence-electron chi connectivity index (χ0n) is 11.6. The minimum atomic E-state index is -0.251. The molecule has 1 fully saturated rings. The van der Waals surface area contributed by atoms with Crippen molar-refractivity contribution in [2.24, 2.45) is 0 Å². The van der Waals surface area contributed by atoms with Gasteiger partial charge in [-0.2, -0.15) is 5.10 Å². The molecule has 0 bridgehead atoms. The zero-order chi connectivity index (χ0) is 14.7. The lowest BCUT2D eigenvalue weighted by atomic mass is 10.3. The fourth-order valence-electron chi connectivity index (χ4n) is 2.36. The molecule has 0 spiro atoms. The van der Waals surface area contributed by atoms with Crippen LogP contribution in [0.15, 0.2) is 17.3 Å². The molecule has 1 N–H and O–H groups in total. The third-order valence-corrected chi connectivity index (χ3v) is 3.44. The van der Waals surface area contributed by atoms with E-state index in [0.29, 0.717) is 43.8 Å². The highest BCUT2D eigenvalue weighted by Crippen LogP contribution is 2.10. The summed E-state index contributed by atoms with van der Waals surface area (Å²) in [6, 6.07) is 0. The number of aromatic nitrogens is 4. The summed E-state index contributed by atoms with van der Waals surface area (Å²) in [4.78, 5) is 16.6. The number of nitrogens with zero attached hydrogens (tertiary/aromatic N) is 4. The van der Waals surface area contributed by atoms with E-state index in [2.05, 4.69) is 10.1 Å². The van der Waals surface area contributed by atoms with Crippen LogP contribution < -0.4 is 5.56 Å². The highest BCUT2D eigenvalue weighted by atomic mass is 16.7. The molecule has 3 rings (SSSR count). The molecule has 0 atom stereocenters. The Hall–Kier alpha value is -1.77. The highest BCUT2D eigenvalue weighted by molar-refractivity contribution is 5.72. The molecule has 2 aromatic heterocycles. The second-order valence-electron chi connectivity index (χ2n) is 4.89. The molecule has 0 amide bonds. The van der Waals surface area contributed by atoms with Crippen LogP contribution in [-0.4, -0.2) is 50.5 Å². The van der Waals surface area contributed by atoms with Crippen molar-refractivity contribution >= 4 is 11.0 Å². The van der Waals surface area contributed by atoms with Gasteiger partial charge >= 0.3 is 0 Å². The molecular weight excluding hydrogens is 276 g/mol. The average Bonchev–Trinajstić information content (AvgIpc) is 2.92. The van der Waals surface area contributed by atoms with Crippen LogP contribution in [0.25, 0.3) is 11.0 Å². The normalized spacial score (nSPS) is 16.6. The Morgan fingerprint density at radius 3 is 2.90 bits per heavy atom. The second kappa shape index (κ2) is 6.33. The maximum absolute atomic E-state index is 12.3. The molecule has 1 saturated heterocycles. The Balaban J connectivity index is 1.76. The van der Waals surface area contributed by atoms with Gasteiger partial charge in [-0.3, -0.25) is 9.36 Å². The minimum absolute atomic E-state index is 0.0437. The summed E-state index contributed by atoms with van der Waals surface area (Å²) >= 11 is 0. The average molecular weight is 294 g/mol. The lowest BCUT2D eigenvalue weighted by molar-refractivity contribution is -0.182. The van der Waals surface area contributed by atoms with Gasteiger partial charge in [0.1, 0.15) is 5.39 Å². The van der Waals surface area contributed by atoms with Crippen LogP contribution in [0.1, 0.15) is 12.8 Å². The predicted molar refractivity (Wildman–Crippen MR) is 73.8 cm³/mol. The van der Waals surface area contributed by atoms with Gasteiger partial charge in [-0.05, 0) is 6.42 Å². The first-order chi connectivity index (χ1) is 10.3. The van der Waals surface area contributed by atoms with E-state index in [9.17, 15) is 4.79 Å². The summed E-state index contributed by atoms with van der Waals surface area (Å²) in [6.45, 7) is 2.16. The van der Waals surface area contributed by atoms with Gasteiger partial charge in [0, 0.05) is 13.0 Å². The van der Waals surface area contributed by atoms with Gasteiger partial charge in [0.15, 0.2) is 11.9 Å². The van der Waals surface area contributed by atoms with E-state index in [1.54, 1.807) is 0 Å². The van der Waals surface area contributed by atoms with Crippen LogP contribution in [0.2, 0.25) is 0 Å². The van der Waals surface area contributed by atoms with Crippen molar-refractivity contribution in [3.63, 3.8) is 0 Å². The molecule has 8 heteroatoms. The zero-order valence-corrected chi connectivity index (χ0v) is 11.6. The largest absolute Gasteiger partial charge is 0.394 e. The van der Waals surface area contributed by atoms with Crippen molar-refractivity contribution in [2.45, 2.75) is 32.2 Å². The first kappa shape index (κ1) is 14.2. The summed E-state index contributed by atoms with van der Waals surface area (Å²) in [5.74, 6) is 0. The Morgan fingerprint density at radius 2 is 2.14 bits per heavy atom. The van der Waals surface area contributed by atoms with E-state index in [4.69, 9.17) is 14.6 Å². The number of fused-ring (bicyclic) bond motifs is 1. The van der Waals surface area contributed by atoms with Gasteiger partial charge in [0.25, 0.3) is 5.56 Å². The lowest BCUT2D eigenvalue weighted by Gasteiger charge is -2.23. The highest BCUT2D eigenvalue weighted by Gasteiger charge is 2.15. The van der Waals surface area contributed by atoms with Crippen molar-refractivity contribution in [1.29, 1.82) is 0 Å². The van der Waals surface area contributed by atoms with Gasteiger partial charge < -0.3 is 14.6 Å². The lowest BCUT2D eigenvalue weighted by Crippen LogP contribution is -2.28. The number of aliphatic hydroxyl groups excluding tert-OH is 1. The standard InChI is InChI=1S/C13H18N4O4/c18-5-4-17-12-10(8-15-17)13(19)16(9-14-12)3-2-11-20-6-1-7-21-11/h8-9,11,18H,1-7H2. The summed E-state index contributed by atoms with van der Waals surface area (Å²) in [6.07, 6.45) is 4.26. The maximum Gasteiger partial charge on any atom is 0.264 e. The van der Waals surface area contributed by atoms with Gasteiger partial charge in [-0.15, -0.1) is 0 Å². The van der Waals surface area contributed by atoms with Gasteiger partial charge in [-0.1, -0.05) is 0 Å². The van der Waals surface area contributed by atoms with Crippen molar-refractivity contribution in [3.05, 3.63) is 22.9 Å². The van der Waals surface area contributed by atoms with Crippen molar-refractivity contribution in [3.8, 4) is 0 Å². The maximum atomic E-state index is 12.3. The van der Waals surface area contributed by atoms with Crippen LogP contribution in [-0.2, 0) is 22.6 Å². The van der Waals surface area contributed by atoms with Gasteiger partial charge in [-0.25, -0.2) is 9.67 Å².